The summed E-state index contributed by atoms with van der Waals surface area (Å²) in [5.74, 6) is -0.490. The van der Waals surface area contributed by atoms with Gasteiger partial charge in [-0.05, 0) is 54.4 Å². The predicted octanol–water partition coefficient (Wildman–Crippen LogP) is 4.40. The number of amides is 3. The summed E-state index contributed by atoms with van der Waals surface area (Å²) in [6, 6.07) is 20.8. The second-order valence-corrected chi connectivity index (χ2v) is 14.0. The largest absolute Gasteiger partial charge is 0.453 e. The predicted molar refractivity (Wildman–Crippen MR) is 186 cm³/mol. The van der Waals surface area contributed by atoms with Crippen LogP contribution < -0.4 is 16.0 Å². The first kappa shape index (κ1) is 36.8. The Morgan fingerprint density at radius 2 is 1.62 bits per heavy atom. The Balaban J connectivity index is 1.35. The molecule has 3 amide bonds. The Kier molecular flexibility index (Phi) is 12.4. The molecule has 2 aliphatic rings. The van der Waals surface area contributed by atoms with Crippen molar-refractivity contribution < 1.29 is 38.4 Å². The average molecular weight is 689 g/mol. The van der Waals surface area contributed by atoms with Crippen molar-refractivity contribution in [3.8, 4) is 11.3 Å². The number of pyridine rings is 1. The maximum Gasteiger partial charge on any atom is 0.407 e. The van der Waals surface area contributed by atoms with E-state index in [-0.39, 0.29) is 31.7 Å². The molecule has 12 nitrogen and oxygen atoms in total. The topological polar surface area (TPSA) is 157 Å². The van der Waals surface area contributed by atoms with Crippen LogP contribution in [0.2, 0.25) is 0 Å². The highest BCUT2D eigenvalue weighted by Crippen LogP contribution is 2.33. The lowest BCUT2D eigenvalue weighted by Crippen LogP contribution is -2.58. The molecule has 1 aromatic heterocycles. The third-order valence-corrected chi connectivity index (χ3v) is 9.15. The van der Waals surface area contributed by atoms with Crippen LogP contribution in [-0.2, 0) is 36.6 Å². The summed E-state index contributed by atoms with van der Waals surface area (Å²) in [7, 11) is 1.23. The number of ether oxygens (including phenoxy) is 4. The second-order valence-electron chi connectivity index (χ2n) is 14.0. The van der Waals surface area contributed by atoms with Crippen molar-refractivity contribution >= 4 is 18.1 Å². The quantitative estimate of drug-likeness (QED) is 0.204. The standard InChI is InChI=1S/C38H48N4O8/c1-38(2,3)33(42-36(45)47-4)34(44)41-30(21-25-13-15-26(16-14-25)29-12-8-9-18-39-29)31(43)22-27(20-24-10-6-5-7-11-24)40-37(46)50-32-23-49-35-28(32)17-19-48-35/h5-16,18,27-28,30-33,35,43H,17,19-23H2,1-4H3,(H,40,46)(H,41,44)(H,42,45)/t27-,28?,30-,31-,32-,33+,35?/m0/s1. The number of aliphatic hydroxyl groups excluding tert-OH is 1. The van der Waals surface area contributed by atoms with E-state index in [1.54, 1.807) is 6.20 Å². The van der Waals surface area contributed by atoms with Crippen molar-refractivity contribution in [2.24, 2.45) is 11.3 Å². The van der Waals surface area contributed by atoms with Gasteiger partial charge in [0, 0.05) is 17.8 Å². The Bertz CT molecular complexity index is 1550. The third-order valence-electron chi connectivity index (χ3n) is 9.15. The molecule has 2 aromatic carbocycles. The molecule has 50 heavy (non-hydrogen) atoms. The SMILES string of the molecule is COC(=O)N[C@H](C(=O)N[C@@H](Cc1ccc(-c2ccccn2)cc1)[C@@H](O)C[C@H](Cc1ccccc1)NC(=O)O[C@H]1COC2OCCC21)C(C)(C)C. The van der Waals surface area contributed by atoms with Gasteiger partial charge in [-0.3, -0.25) is 9.78 Å². The van der Waals surface area contributed by atoms with Gasteiger partial charge in [0.25, 0.3) is 0 Å². The molecule has 7 atom stereocenters. The van der Waals surface area contributed by atoms with E-state index in [4.69, 9.17) is 18.9 Å². The number of alkyl carbamates (subject to hydrolysis) is 2. The van der Waals surface area contributed by atoms with Gasteiger partial charge < -0.3 is 40.0 Å². The van der Waals surface area contributed by atoms with Gasteiger partial charge in [-0.2, -0.15) is 0 Å². The van der Waals surface area contributed by atoms with E-state index in [9.17, 15) is 19.5 Å². The van der Waals surface area contributed by atoms with Crippen LogP contribution >= 0.6 is 0 Å². The van der Waals surface area contributed by atoms with Crippen LogP contribution in [0.5, 0.6) is 0 Å². The van der Waals surface area contributed by atoms with Crippen molar-refractivity contribution in [3.63, 3.8) is 0 Å². The zero-order valence-electron chi connectivity index (χ0n) is 29.0. The van der Waals surface area contributed by atoms with E-state index in [1.807, 2.05) is 93.6 Å². The number of carbonyl (C=O) groups excluding carboxylic acids is 3. The highest BCUT2D eigenvalue weighted by molar-refractivity contribution is 5.86. The molecule has 0 aliphatic carbocycles. The molecule has 268 valence electrons. The molecular weight excluding hydrogens is 640 g/mol. The molecule has 2 aliphatic heterocycles. The van der Waals surface area contributed by atoms with Crippen LogP contribution in [-0.4, -0.2) is 85.1 Å². The molecule has 0 saturated carbocycles. The molecule has 12 heteroatoms. The molecule has 2 unspecified atom stereocenters. The normalized spacial score (nSPS) is 20.9. The maximum atomic E-state index is 13.8. The number of benzene rings is 2. The Hall–Kier alpha value is -4.52. The van der Waals surface area contributed by atoms with Gasteiger partial charge in [-0.15, -0.1) is 0 Å². The zero-order valence-corrected chi connectivity index (χ0v) is 29.0. The van der Waals surface area contributed by atoms with Crippen LogP contribution in [0.25, 0.3) is 11.3 Å². The third kappa shape index (κ3) is 10.0. The minimum Gasteiger partial charge on any atom is -0.453 e. The number of rotatable bonds is 13. The minimum absolute atomic E-state index is 0.0167. The lowest BCUT2D eigenvalue weighted by molar-refractivity contribution is -0.127. The van der Waals surface area contributed by atoms with Crippen molar-refractivity contribution in [2.75, 3.05) is 20.3 Å². The van der Waals surface area contributed by atoms with Crippen LogP contribution in [0, 0.1) is 11.3 Å². The van der Waals surface area contributed by atoms with E-state index in [2.05, 4.69) is 20.9 Å². The molecule has 3 aromatic rings. The summed E-state index contributed by atoms with van der Waals surface area (Å²) in [6.45, 7) is 6.31. The molecule has 4 N–H and O–H groups in total. The molecule has 2 saturated heterocycles. The van der Waals surface area contributed by atoms with Gasteiger partial charge in [0.15, 0.2) is 6.29 Å². The van der Waals surface area contributed by atoms with E-state index in [1.165, 1.54) is 7.11 Å². The molecule has 3 heterocycles. The number of aliphatic hydroxyl groups is 1. The van der Waals surface area contributed by atoms with Crippen LogP contribution in [0.15, 0.2) is 79.0 Å². The van der Waals surface area contributed by atoms with Crippen LogP contribution in [0.4, 0.5) is 9.59 Å². The molecule has 0 radical (unpaired) electrons. The van der Waals surface area contributed by atoms with E-state index in [0.717, 1.165) is 28.8 Å². The van der Waals surface area contributed by atoms with Crippen molar-refractivity contribution in [3.05, 3.63) is 90.1 Å². The Labute approximate surface area is 293 Å². The smallest absolute Gasteiger partial charge is 0.407 e. The number of hydrogen-bond acceptors (Lipinski definition) is 9. The number of fused-ring (bicyclic) bond motifs is 1. The number of nitrogens with one attached hydrogen (secondary N) is 3. The molecule has 0 bridgehead atoms. The number of nitrogens with zero attached hydrogens (tertiary/aromatic N) is 1. The summed E-state index contributed by atoms with van der Waals surface area (Å²) in [6.07, 6.45) is 0.0237. The van der Waals surface area contributed by atoms with Crippen molar-refractivity contribution in [1.82, 2.24) is 20.9 Å². The van der Waals surface area contributed by atoms with Crippen LogP contribution in [0.1, 0.15) is 44.7 Å². The minimum atomic E-state index is -1.11. The highest BCUT2D eigenvalue weighted by Gasteiger charge is 2.44. The van der Waals surface area contributed by atoms with Gasteiger partial charge in [0.05, 0.1) is 44.1 Å². The highest BCUT2D eigenvalue weighted by atomic mass is 16.7. The fourth-order valence-electron chi connectivity index (χ4n) is 6.43. The molecular formula is C38H48N4O8. The lowest BCUT2D eigenvalue weighted by Gasteiger charge is -2.33. The summed E-state index contributed by atoms with van der Waals surface area (Å²) >= 11 is 0. The van der Waals surface area contributed by atoms with Crippen LogP contribution in [0.3, 0.4) is 0 Å². The maximum absolute atomic E-state index is 13.8. The van der Waals surface area contributed by atoms with Gasteiger partial charge in [-0.1, -0.05) is 81.4 Å². The van der Waals surface area contributed by atoms with E-state index < -0.39 is 53.8 Å². The molecule has 0 spiro atoms. The second kappa shape index (κ2) is 16.9. The number of hydrogen-bond donors (Lipinski definition) is 4. The first-order valence-corrected chi connectivity index (χ1v) is 17.1. The van der Waals surface area contributed by atoms with Gasteiger partial charge >= 0.3 is 12.2 Å². The summed E-state index contributed by atoms with van der Waals surface area (Å²) < 4.78 is 21.8. The van der Waals surface area contributed by atoms with E-state index in [0.29, 0.717) is 13.0 Å². The van der Waals surface area contributed by atoms with Gasteiger partial charge in [0.2, 0.25) is 5.91 Å². The first-order valence-electron chi connectivity index (χ1n) is 17.1. The monoisotopic (exact) mass is 688 g/mol. The number of carbonyl (C=O) groups is 3. The van der Waals surface area contributed by atoms with Gasteiger partial charge in [0.1, 0.15) is 12.1 Å². The van der Waals surface area contributed by atoms with Crippen molar-refractivity contribution in [2.45, 2.75) is 83.1 Å². The van der Waals surface area contributed by atoms with Gasteiger partial charge in [-0.25, -0.2) is 9.59 Å². The van der Waals surface area contributed by atoms with Crippen molar-refractivity contribution in [1.29, 1.82) is 0 Å². The molecule has 5 rings (SSSR count). The zero-order chi connectivity index (χ0) is 35.7. The lowest BCUT2D eigenvalue weighted by atomic mass is 9.85. The summed E-state index contributed by atoms with van der Waals surface area (Å²) in [4.78, 5) is 43.7. The number of methoxy groups -OCH3 is 1. The Morgan fingerprint density at radius 3 is 2.30 bits per heavy atom. The van der Waals surface area contributed by atoms with E-state index >= 15 is 0 Å². The number of aromatic nitrogens is 1. The Morgan fingerprint density at radius 1 is 0.900 bits per heavy atom. The average Bonchev–Trinajstić information content (AvgIpc) is 3.72. The molecule has 2 fully saturated rings. The summed E-state index contributed by atoms with van der Waals surface area (Å²) in [5, 5.41) is 20.5. The first-order chi connectivity index (χ1) is 24.0. The fourth-order valence-corrected chi connectivity index (χ4v) is 6.43. The fraction of sp³-hybridized carbons (Fsp3) is 0.474. The summed E-state index contributed by atoms with van der Waals surface area (Å²) in [5.41, 5.74) is 2.90.